The molecule has 3 aromatic heterocycles. The van der Waals surface area contributed by atoms with Gasteiger partial charge in [0.15, 0.2) is 15.7 Å². The van der Waals surface area contributed by atoms with Crippen molar-refractivity contribution in [1.29, 1.82) is 0 Å². The standard InChI is InChI=1S/C16H18N4O3S2/c1-11-7-13(23-19-11)8-16-17-15(9-14-3-2-5-24-14)18-20(16)12-4-6-25(21,22)10-12/h2-3,5,7,12H,4,6,8-10H2,1H3. The van der Waals surface area contributed by atoms with Crippen LogP contribution in [0.15, 0.2) is 28.1 Å². The van der Waals surface area contributed by atoms with E-state index in [1.165, 1.54) is 4.88 Å². The largest absolute Gasteiger partial charge is 0.361 e. The van der Waals surface area contributed by atoms with Crippen LogP contribution in [0.5, 0.6) is 0 Å². The van der Waals surface area contributed by atoms with Crippen molar-refractivity contribution in [3.05, 3.63) is 51.6 Å². The number of sulfone groups is 1. The molecule has 0 amide bonds. The Morgan fingerprint density at radius 2 is 2.28 bits per heavy atom. The first-order valence-corrected chi connectivity index (χ1v) is 10.8. The van der Waals surface area contributed by atoms with Gasteiger partial charge in [-0.25, -0.2) is 18.1 Å². The van der Waals surface area contributed by atoms with Crippen LogP contribution in [0.25, 0.3) is 0 Å². The van der Waals surface area contributed by atoms with Gasteiger partial charge < -0.3 is 4.52 Å². The summed E-state index contributed by atoms with van der Waals surface area (Å²) >= 11 is 1.66. The summed E-state index contributed by atoms with van der Waals surface area (Å²) < 4.78 is 30.8. The van der Waals surface area contributed by atoms with Crippen LogP contribution in [0.1, 0.15) is 40.4 Å². The van der Waals surface area contributed by atoms with E-state index < -0.39 is 9.84 Å². The number of hydrogen-bond donors (Lipinski definition) is 0. The fraction of sp³-hybridized carbons (Fsp3) is 0.438. The first kappa shape index (κ1) is 16.5. The third-order valence-corrected chi connectivity index (χ3v) is 6.85. The molecular weight excluding hydrogens is 360 g/mol. The average molecular weight is 378 g/mol. The Labute approximate surface area is 149 Å². The van der Waals surface area contributed by atoms with Crippen LogP contribution in [0.2, 0.25) is 0 Å². The molecule has 0 aliphatic carbocycles. The first-order chi connectivity index (χ1) is 12.0. The Morgan fingerprint density at radius 1 is 1.40 bits per heavy atom. The molecule has 1 atom stereocenters. The molecule has 25 heavy (non-hydrogen) atoms. The van der Waals surface area contributed by atoms with Gasteiger partial charge in [-0.1, -0.05) is 11.2 Å². The molecule has 1 fully saturated rings. The fourth-order valence-electron chi connectivity index (χ4n) is 3.09. The Balaban J connectivity index is 1.65. The van der Waals surface area contributed by atoms with E-state index in [2.05, 4.69) is 15.2 Å². The van der Waals surface area contributed by atoms with E-state index in [4.69, 9.17) is 4.52 Å². The van der Waals surface area contributed by atoms with Crippen LogP contribution in [0.3, 0.4) is 0 Å². The minimum Gasteiger partial charge on any atom is -0.361 e. The van der Waals surface area contributed by atoms with Gasteiger partial charge in [0.1, 0.15) is 11.6 Å². The lowest BCUT2D eigenvalue weighted by atomic mass is 10.2. The predicted octanol–water partition coefficient (Wildman–Crippen LogP) is 2.18. The molecule has 4 heterocycles. The summed E-state index contributed by atoms with van der Waals surface area (Å²) in [5.74, 6) is 2.47. The van der Waals surface area contributed by atoms with Crippen LogP contribution in [0, 0.1) is 6.92 Å². The van der Waals surface area contributed by atoms with Crippen molar-refractivity contribution < 1.29 is 12.9 Å². The third-order valence-electron chi connectivity index (χ3n) is 4.22. The smallest absolute Gasteiger partial charge is 0.156 e. The highest BCUT2D eigenvalue weighted by atomic mass is 32.2. The zero-order valence-corrected chi connectivity index (χ0v) is 15.4. The maximum absolute atomic E-state index is 11.9. The van der Waals surface area contributed by atoms with E-state index in [0.29, 0.717) is 30.8 Å². The Hall–Kier alpha value is -2.00. The van der Waals surface area contributed by atoms with Crippen molar-refractivity contribution in [3.8, 4) is 0 Å². The minimum absolute atomic E-state index is 0.122. The molecule has 0 spiro atoms. The molecule has 0 N–H and O–H groups in total. The van der Waals surface area contributed by atoms with Crippen LogP contribution in [0.4, 0.5) is 0 Å². The van der Waals surface area contributed by atoms with Gasteiger partial charge in [-0.2, -0.15) is 5.10 Å². The first-order valence-electron chi connectivity index (χ1n) is 8.08. The fourth-order valence-corrected chi connectivity index (χ4v) is 5.48. The van der Waals surface area contributed by atoms with Gasteiger partial charge in [0, 0.05) is 17.4 Å². The monoisotopic (exact) mass is 378 g/mol. The van der Waals surface area contributed by atoms with E-state index >= 15 is 0 Å². The molecule has 3 aromatic rings. The molecule has 7 nitrogen and oxygen atoms in total. The maximum Gasteiger partial charge on any atom is 0.156 e. The summed E-state index contributed by atoms with van der Waals surface area (Å²) in [7, 11) is -2.99. The van der Waals surface area contributed by atoms with Crippen molar-refractivity contribution in [1.82, 2.24) is 19.9 Å². The number of rotatable bonds is 5. The minimum atomic E-state index is -2.99. The molecule has 1 aliphatic heterocycles. The molecule has 0 aromatic carbocycles. The zero-order chi connectivity index (χ0) is 17.4. The van der Waals surface area contributed by atoms with Gasteiger partial charge in [-0.05, 0) is 24.8 Å². The number of thiophene rings is 1. The second-order valence-electron chi connectivity index (χ2n) is 6.31. The van der Waals surface area contributed by atoms with Crippen molar-refractivity contribution in [2.24, 2.45) is 0 Å². The van der Waals surface area contributed by atoms with E-state index in [1.807, 2.05) is 30.5 Å². The number of aromatic nitrogens is 4. The zero-order valence-electron chi connectivity index (χ0n) is 13.8. The second kappa shape index (κ2) is 6.38. The Morgan fingerprint density at radius 3 is 2.92 bits per heavy atom. The lowest BCUT2D eigenvalue weighted by Gasteiger charge is -2.10. The third kappa shape index (κ3) is 3.67. The molecule has 4 rings (SSSR count). The highest BCUT2D eigenvalue weighted by molar-refractivity contribution is 7.91. The van der Waals surface area contributed by atoms with Gasteiger partial charge in [0.25, 0.3) is 0 Å². The molecule has 0 bridgehead atoms. The molecule has 132 valence electrons. The van der Waals surface area contributed by atoms with E-state index in [-0.39, 0.29) is 17.5 Å². The summed E-state index contributed by atoms with van der Waals surface area (Å²) in [6, 6.07) is 5.75. The molecule has 1 unspecified atom stereocenters. The Kier molecular flexibility index (Phi) is 4.20. The van der Waals surface area contributed by atoms with Crippen LogP contribution >= 0.6 is 11.3 Å². The molecular formula is C16H18N4O3S2. The Bertz CT molecular complexity index is 973. The number of nitrogens with zero attached hydrogens (tertiary/aromatic N) is 4. The van der Waals surface area contributed by atoms with Crippen LogP contribution < -0.4 is 0 Å². The molecule has 9 heteroatoms. The predicted molar refractivity (Wildman–Crippen MR) is 93.5 cm³/mol. The van der Waals surface area contributed by atoms with Crippen molar-refractivity contribution in [2.75, 3.05) is 11.5 Å². The lowest BCUT2D eigenvalue weighted by molar-refractivity contribution is 0.379. The maximum atomic E-state index is 11.9. The van der Waals surface area contributed by atoms with Crippen LogP contribution in [-0.2, 0) is 22.7 Å². The van der Waals surface area contributed by atoms with Crippen molar-refractivity contribution >= 4 is 21.2 Å². The summed E-state index contributed by atoms with van der Waals surface area (Å²) in [6.45, 7) is 1.86. The van der Waals surface area contributed by atoms with Gasteiger partial charge in [0.2, 0.25) is 0 Å². The van der Waals surface area contributed by atoms with Crippen molar-refractivity contribution in [3.63, 3.8) is 0 Å². The van der Waals surface area contributed by atoms with Gasteiger partial charge in [-0.3, -0.25) is 0 Å². The highest BCUT2D eigenvalue weighted by Crippen LogP contribution is 2.26. The number of aryl methyl sites for hydroxylation is 1. The van der Waals surface area contributed by atoms with Gasteiger partial charge in [0.05, 0.1) is 29.7 Å². The van der Waals surface area contributed by atoms with Gasteiger partial charge >= 0.3 is 0 Å². The quantitative estimate of drug-likeness (QED) is 0.676. The topological polar surface area (TPSA) is 90.9 Å². The lowest BCUT2D eigenvalue weighted by Crippen LogP contribution is -2.16. The van der Waals surface area contributed by atoms with Crippen molar-refractivity contribution in [2.45, 2.75) is 32.2 Å². The average Bonchev–Trinajstić information content (AvgIpc) is 3.30. The van der Waals surface area contributed by atoms with Gasteiger partial charge in [-0.15, -0.1) is 11.3 Å². The SMILES string of the molecule is Cc1cc(Cc2nc(Cc3cccs3)nn2C2CCS(=O)(=O)C2)on1. The molecule has 0 radical (unpaired) electrons. The van der Waals surface area contributed by atoms with E-state index in [0.717, 1.165) is 11.5 Å². The van der Waals surface area contributed by atoms with E-state index in [1.54, 1.807) is 16.0 Å². The summed E-state index contributed by atoms with van der Waals surface area (Å²) in [5.41, 5.74) is 0.809. The molecule has 1 aliphatic rings. The molecule has 0 saturated carbocycles. The summed E-state index contributed by atoms with van der Waals surface area (Å²) in [6.07, 6.45) is 1.67. The summed E-state index contributed by atoms with van der Waals surface area (Å²) in [4.78, 5) is 5.84. The van der Waals surface area contributed by atoms with Crippen LogP contribution in [-0.4, -0.2) is 39.8 Å². The normalized spacial score (nSPS) is 19.5. The highest BCUT2D eigenvalue weighted by Gasteiger charge is 2.32. The summed E-state index contributed by atoms with van der Waals surface area (Å²) in [5, 5.41) is 10.5. The second-order valence-corrected chi connectivity index (χ2v) is 9.57. The molecule has 1 saturated heterocycles. The van der Waals surface area contributed by atoms with E-state index in [9.17, 15) is 8.42 Å². The number of hydrogen-bond acceptors (Lipinski definition) is 7.